The number of rotatable bonds is 4. The molecular weight excluding hydrogens is 380 g/mol. The molecule has 1 amide bonds. The Morgan fingerprint density at radius 3 is 2.90 bits per heavy atom. The highest BCUT2D eigenvalue weighted by Gasteiger charge is 2.34. The third-order valence-corrected chi connectivity index (χ3v) is 5.94. The minimum Gasteiger partial charge on any atom is -0.454 e. The quantitative estimate of drug-likeness (QED) is 0.666. The van der Waals surface area contributed by atoms with Gasteiger partial charge in [-0.3, -0.25) is 4.79 Å². The van der Waals surface area contributed by atoms with Crippen LogP contribution in [0.5, 0.6) is 11.5 Å². The number of amides is 1. The SMILES string of the molecule is C[C@@]1(Cc2ccc3c(c2)OCO3)CCCN(C(=O)c2ccccc2-n2cncn2)C1. The van der Waals surface area contributed by atoms with Crippen LogP contribution in [0.4, 0.5) is 0 Å². The van der Waals surface area contributed by atoms with Crippen molar-refractivity contribution in [1.29, 1.82) is 0 Å². The fourth-order valence-corrected chi connectivity index (χ4v) is 4.53. The summed E-state index contributed by atoms with van der Waals surface area (Å²) in [6, 6.07) is 13.7. The summed E-state index contributed by atoms with van der Waals surface area (Å²) in [5, 5.41) is 4.20. The molecule has 0 bridgehead atoms. The molecule has 1 fully saturated rings. The lowest BCUT2D eigenvalue weighted by molar-refractivity contribution is 0.0550. The number of fused-ring (bicyclic) bond motifs is 1. The van der Waals surface area contributed by atoms with Gasteiger partial charge in [-0.2, -0.15) is 5.10 Å². The van der Waals surface area contributed by atoms with E-state index in [1.54, 1.807) is 11.0 Å². The first-order valence-corrected chi connectivity index (χ1v) is 10.2. The van der Waals surface area contributed by atoms with E-state index in [9.17, 15) is 4.79 Å². The number of likely N-dealkylation sites (tertiary alicyclic amines) is 1. The van der Waals surface area contributed by atoms with Crippen LogP contribution >= 0.6 is 0 Å². The number of benzene rings is 2. The molecule has 0 aliphatic carbocycles. The van der Waals surface area contributed by atoms with Crippen molar-refractivity contribution in [2.75, 3.05) is 19.9 Å². The predicted molar refractivity (Wildman–Crippen MR) is 111 cm³/mol. The van der Waals surface area contributed by atoms with E-state index in [1.165, 1.54) is 11.9 Å². The molecule has 0 spiro atoms. The highest BCUT2D eigenvalue weighted by atomic mass is 16.7. The van der Waals surface area contributed by atoms with Gasteiger partial charge in [-0.25, -0.2) is 9.67 Å². The molecular formula is C23H24N4O3. The van der Waals surface area contributed by atoms with Gasteiger partial charge in [0.1, 0.15) is 12.7 Å². The molecule has 3 heterocycles. The van der Waals surface area contributed by atoms with Crippen molar-refractivity contribution >= 4 is 5.91 Å². The van der Waals surface area contributed by atoms with Crippen molar-refractivity contribution in [3.05, 3.63) is 66.2 Å². The number of aromatic nitrogens is 3. The Morgan fingerprint density at radius 1 is 1.17 bits per heavy atom. The molecule has 2 aromatic carbocycles. The van der Waals surface area contributed by atoms with Gasteiger partial charge in [0.2, 0.25) is 6.79 Å². The van der Waals surface area contributed by atoms with Crippen LogP contribution in [0.2, 0.25) is 0 Å². The van der Waals surface area contributed by atoms with Crippen LogP contribution in [0.25, 0.3) is 5.69 Å². The van der Waals surface area contributed by atoms with E-state index in [0.717, 1.165) is 43.0 Å². The summed E-state index contributed by atoms with van der Waals surface area (Å²) in [6.45, 7) is 4.02. The van der Waals surface area contributed by atoms with Gasteiger partial charge in [-0.15, -0.1) is 0 Å². The number of carbonyl (C=O) groups is 1. The first-order chi connectivity index (χ1) is 14.6. The van der Waals surface area contributed by atoms with Crippen LogP contribution < -0.4 is 9.47 Å². The largest absolute Gasteiger partial charge is 0.454 e. The van der Waals surface area contributed by atoms with Crippen LogP contribution in [0, 0.1) is 5.41 Å². The highest BCUT2D eigenvalue weighted by Crippen LogP contribution is 2.38. The Bertz CT molecular complexity index is 1070. The Morgan fingerprint density at radius 2 is 2.03 bits per heavy atom. The molecule has 154 valence electrons. The Kier molecular flexibility index (Phi) is 4.65. The van der Waals surface area contributed by atoms with Gasteiger partial charge in [0.15, 0.2) is 11.5 Å². The second-order valence-corrected chi connectivity index (χ2v) is 8.36. The maximum absolute atomic E-state index is 13.4. The molecule has 0 radical (unpaired) electrons. The van der Waals surface area contributed by atoms with Crippen molar-refractivity contribution in [2.45, 2.75) is 26.2 Å². The second kappa shape index (κ2) is 7.48. The Labute approximate surface area is 175 Å². The van der Waals surface area contributed by atoms with E-state index in [0.29, 0.717) is 12.1 Å². The summed E-state index contributed by atoms with van der Waals surface area (Å²) >= 11 is 0. The number of nitrogens with zero attached hydrogens (tertiary/aromatic N) is 4. The summed E-state index contributed by atoms with van der Waals surface area (Å²) in [5.74, 6) is 1.65. The summed E-state index contributed by atoms with van der Waals surface area (Å²) in [4.78, 5) is 19.4. The fraction of sp³-hybridized carbons (Fsp3) is 0.348. The molecule has 2 aliphatic heterocycles. The second-order valence-electron chi connectivity index (χ2n) is 8.36. The lowest BCUT2D eigenvalue weighted by atomic mass is 9.76. The van der Waals surface area contributed by atoms with Gasteiger partial charge in [0, 0.05) is 13.1 Å². The molecule has 1 saturated heterocycles. The average molecular weight is 404 g/mol. The zero-order valence-electron chi connectivity index (χ0n) is 17.0. The van der Waals surface area contributed by atoms with Crippen LogP contribution in [-0.2, 0) is 6.42 Å². The van der Waals surface area contributed by atoms with Gasteiger partial charge in [-0.1, -0.05) is 25.1 Å². The zero-order valence-corrected chi connectivity index (χ0v) is 17.0. The van der Waals surface area contributed by atoms with Crippen molar-refractivity contribution in [1.82, 2.24) is 19.7 Å². The number of piperidine rings is 1. The molecule has 1 atom stereocenters. The summed E-state index contributed by atoms with van der Waals surface area (Å²) < 4.78 is 12.6. The Balaban J connectivity index is 1.36. The van der Waals surface area contributed by atoms with E-state index in [-0.39, 0.29) is 18.1 Å². The standard InChI is InChI=1S/C23H24N4O3/c1-23(12-17-7-8-20-21(11-17)30-16-29-20)9-4-10-26(13-23)22(28)18-5-2-3-6-19(18)27-15-24-14-25-27/h2-3,5-8,11,14-15H,4,9-10,12-13,16H2,1H3/t23-/m0/s1. The molecule has 0 unspecified atom stereocenters. The molecule has 30 heavy (non-hydrogen) atoms. The topological polar surface area (TPSA) is 69.5 Å². The van der Waals surface area contributed by atoms with Gasteiger partial charge in [0.25, 0.3) is 5.91 Å². The number of hydrogen-bond donors (Lipinski definition) is 0. The third-order valence-electron chi connectivity index (χ3n) is 5.94. The van der Waals surface area contributed by atoms with Crippen LogP contribution in [0.1, 0.15) is 35.7 Å². The average Bonchev–Trinajstić information content (AvgIpc) is 3.45. The predicted octanol–water partition coefficient (Wildman–Crippen LogP) is 3.48. The molecule has 0 saturated carbocycles. The smallest absolute Gasteiger partial charge is 0.256 e. The Hall–Kier alpha value is -3.35. The summed E-state index contributed by atoms with van der Waals surface area (Å²) in [7, 11) is 0. The number of hydrogen-bond acceptors (Lipinski definition) is 5. The zero-order chi connectivity index (χ0) is 20.6. The van der Waals surface area contributed by atoms with Crippen molar-refractivity contribution < 1.29 is 14.3 Å². The van der Waals surface area contributed by atoms with E-state index >= 15 is 0 Å². The van der Waals surface area contributed by atoms with Gasteiger partial charge in [-0.05, 0) is 54.5 Å². The molecule has 5 rings (SSSR count). The maximum Gasteiger partial charge on any atom is 0.256 e. The minimum absolute atomic E-state index is 0.00378. The van der Waals surface area contributed by atoms with Crippen LogP contribution in [0.3, 0.4) is 0 Å². The molecule has 2 aliphatic rings. The van der Waals surface area contributed by atoms with Crippen molar-refractivity contribution in [2.24, 2.45) is 5.41 Å². The lowest BCUT2D eigenvalue weighted by Crippen LogP contribution is -2.46. The highest BCUT2D eigenvalue weighted by molar-refractivity contribution is 5.97. The van der Waals surface area contributed by atoms with Gasteiger partial charge in [0.05, 0.1) is 11.3 Å². The van der Waals surface area contributed by atoms with E-state index in [1.807, 2.05) is 35.2 Å². The van der Waals surface area contributed by atoms with Gasteiger partial charge >= 0.3 is 0 Å². The molecule has 3 aromatic rings. The van der Waals surface area contributed by atoms with Gasteiger partial charge < -0.3 is 14.4 Å². The van der Waals surface area contributed by atoms with Crippen LogP contribution in [0.15, 0.2) is 55.1 Å². The molecule has 7 heteroatoms. The lowest BCUT2D eigenvalue weighted by Gasteiger charge is -2.41. The van der Waals surface area contributed by atoms with Crippen LogP contribution in [-0.4, -0.2) is 45.5 Å². The molecule has 1 aromatic heterocycles. The summed E-state index contributed by atoms with van der Waals surface area (Å²) in [5.41, 5.74) is 2.61. The number of ether oxygens (including phenoxy) is 2. The first-order valence-electron chi connectivity index (χ1n) is 10.2. The third kappa shape index (κ3) is 3.51. The van der Waals surface area contributed by atoms with Crippen molar-refractivity contribution in [3.63, 3.8) is 0 Å². The van der Waals surface area contributed by atoms with E-state index in [2.05, 4.69) is 29.1 Å². The summed E-state index contributed by atoms with van der Waals surface area (Å²) in [6.07, 6.45) is 6.04. The normalized spacial score (nSPS) is 20.4. The van der Waals surface area contributed by atoms with E-state index < -0.39 is 0 Å². The maximum atomic E-state index is 13.4. The van der Waals surface area contributed by atoms with Crippen molar-refractivity contribution in [3.8, 4) is 17.2 Å². The monoisotopic (exact) mass is 404 g/mol. The van der Waals surface area contributed by atoms with E-state index in [4.69, 9.17) is 9.47 Å². The fourth-order valence-electron chi connectivity index (χ4n) is 4.53. The first kappa shape index (κ1) is 18.7. The molecule has 7 nitrogen and oxygen atoms in total. The minimum atomic E-state index is 0.00378. The number of para-hydroxylation sites is 1. The molecule has 0 N–H and O–H groups in total. The number of carbonyl (C=O) groups excluding carboxylic acids is 1.